The monoisotopic (exact) mass is 516 g/mol. The molecule has 1 unspecified atom stereocenters. The van der Waals surface area contributed by atoms with Crippen molar-refractivity contribution in [1.29, 1.82) is 0 Å². The molecule has 0 aromatic heterocycles. The predicted molar refractivity (Wildman–Crippen MR) is 149 cm³/mol. The van der Waals surface area contributed by atoms with E-state index in [9.17, 15) is 21.7 Å². The van der Waals surface area contributed by atoms with Crippen molar-refractivity contribution >= 4 is 50.1 Å². The van der Waals surface area contributed by atoms with Gasteiger partial charge in [0.25, 0.3) is 10.1 Å². The first-order valence-corrected chi connectivity index (χ1v) is 14.1. The van der Waals surface area contributed by atoms with Crippen molar-refractivity contribution in [1.82, 2.24) is 0 Å². The minimum absolute atomic E-state index is 0.133. The molecule has 2 N–H and O–H groups in total. The van der Waals surface area contributed by atoms with Crippen LogP contribution < -0.4 is 0 Å². The Bertz CT molecular complexity index is 1520. The van der Waals surface area contributed by atoms with Gasteiger partial charge in [0.2, 0.25) is 0 Å². The fourth-order valence-corrected chi connectivity index (χ4v) is 5.19. The molecule has 182 valence electrons. The van der Waals surface area contributed by atoms with Crippen molar-refractivity contribution in [3.63, 3.8) is 0 Å². The summed E-state index contributed by atoms with van der Waals surface area (Å²) in [7, 11) is -7.60. The molecule has 4 aromatic carbocycles. The standard InChI is InChI=1S/C29H24O5S2/c1-35(30,31)28-8-4-2-6-26(28)20-14-22-10-16-24(17-11-22)25-18-12-23(13-19-25)15-21-27-7-3-5-9-29(27)36(32,33)34/h2-21H,1H2,(H,30,31)(H,32,33,34)/b20-14+,21-15+. The van der Waals surface area contributed by atoms with Gasteiger partial charge in [0.15, 0.2) is 0 Å². The Labute approximate surface area is 211 Å². The van der Waals surface area contributed by atoms with Gasteiger partial charge < -0.3 is 4.55 Å². The van der Waals surface area contributed by atoms with Crippen LogP contribution in [0.4, 0.5) is 0 Å². The number of rotatable bonds is 7. The third-order valence-electron chi connectivity index (χ3n) is 5.52. The largest absolute Gasteiger partial charge is 0.310 e. The van der Waals surface area contributed by atoms with E-state index in [0.717, 1.165) is 22.3 Å². The fraction of sp³-hybridized carbons (Fsp3) is 0. The SMILES string of the molecule is C=S(=O)(O)c1ccccc1/C=C/c1ccc(-c2ccc(/C=C/c3ccccc3S(=O)(=O)O)cc2)cc1. The molecule has 0 amide bonds. The lowest BCUT2D eigenvalue weighted by atomic mass is 10.0. The topological polar surface area (TPSA) is 91.7 Å². The van der Waals surface area contributed by atoms with Crippen LogP contribution in [0.25, 0.3) is 35.4 Å². The lowest BCUT2D eigenvalue weighted by Gasteiger charge is -2.06. The molecule has 0 aliphatic heterocycles. The molecule has 36 heavy (non-hydrogen) atoms. The first-order chi connectivity index (χ1) is 17.1. The van der Waals surface area contributed by atoms with Gasteiger partial charge in [-0.1, -0.05) is 109 Å². The van der Waals surface area contributed by atoms with E-state index < -0.39 is 19.9 Å². The number of hydrogen-bond acceptors (Lipinski definition) is 3. The molecule has 0 saturated heterocycles. The second kappa shape index (κ2) is 10.5. The molecule has 0 radical (unpaired) electrons. The lowest BCUT2D eigenvalue weighted by molar-refractivity contribution is 0.483. The molecule has 1 atom stereocenters. The average molecular weight is 517 g/mol. The molecule has 0 aliphatic rings. The van der Waals surface area contributed by atoms with Gasteiger partial charge in [-0.05, 0) is 51.4 Å². The molecule has 0 heterocycles. The van der Waals surface area contributed by atoms with Gasteiger partial charge in [-0.3, -0.25) is 4.55 Å². The van der Waals surface area contributed by atoms with Crippen molar-refractivity contribution in [2.45, 2.75) is 9.79 Å². The maximum absolute atomic E-state index is 12.0. The van der Waals surface area contributed by atoms with E-state index in [1.165, 1.54) is 6.07 Å². The highest BCUT2D eigenvalue weighted by atomic mass is 32.2. The smallest absolute Gasteiger partial charge is 0.295 e. The molecule has 0 saturated carbocycles. The van der Waals surface area contributed by atoms with Crippen LogP contribution in [0, 0.1) is 0 Å². The van der Waals surface area contributed by atoms with Crippen molar-refractivity contribution in [2.24, 2.45) is 0 Å². The Hall–Kier alpha value is -3.75. The molecule has 4 rings (SSSR count). The van der Waals surface area contributed by atoms with Gasteiger partial charge in [0, 0.05) is 0 Å². The summed E-state index contributed by atoms with van der Waals surface area (Å²) >= 11 is 0. The highest BCUT2D eigenvalue weighted by Gasteiger charge is 2.12. The van der Waals surface area contributed by atoms with Gasteiger partial charge in [-0.25, -0.2) is 4.21 Å². The summed E-state index contributed by atoms with van der Waals surface area (Å²) in [5.41, 5.74) is 4.92. The lowest BCUT2D eigenvalue weighted by Crippen LogP contribution is -2.00. The second-order valence-electron chi connectivity index (χ2n) is 8.10. The van der Waals surface area contributed by atoms with Gasteiger partial charge in [0.05, 0.1) is 4.90 Å². The van der Waals surface area contributed by atoms with Crippen molar-refractivity contribution in [3.05, 3.63) is 119 Å². The maximum Gasteiger partial charge on any atom is 0.295 e. The average Bonchev–Trinajstić information content (AvgIpc) is 2.86. The molecule has 5 nitrogen and oxygen atoms in total. The van der Waals surface area contributed by atoms with E-state index in [2.05, 4.69) is 5.87 Å². The number of hydrogen-bond donors (Lipinski definition) is 2. The Morgan fingerprint density at radius 1 is 0.528 bits per heavy atom. The van der Waals surface area contributed by atoms with E-state index in [1.54, 1.807) is 54.6 Å². The number of benzene rings is 4. The van der Waals surface area contributed by atoms with Crippen LogP contribution in [0.3, 0.4) is 0 Å². The van der Waals surface area contributed by atoms with E-state index in [1.807, 2.05) is 60.7 Å². The van der Waals surface area contributed by atoms with E-state index in [4.69, 9.17) is 0 Å². The quantitative estimate of drug-likeness (QED) is 0.166. The third kappa shape index (κ3) is 6.27. The Morgan fingerprint density at radius 2 is 0.917 bits per heavy atom. The Kier molecular flexibility index (Phi) is 7.37. The highest BCUT2D eigenvalue weighted by Crippen LogP contribution is 2.24. The molecule has 0 bridgehead atoms. The van der Waals surface area contributed by atoms with E-state index >= 15 is 0 Å². The van der Waals surface area contributed by atoms with Gasteiger partial charge in [-0.15, -0.1) is 0 Å². The summed E-state index contributed by atoms with van der Waals surface area (Å²) in [4.78, 5) is 0.167. The summed E-state index contributed by atoms with van der Waals surface area (Å²) in [5.74, 6) is 3.36. The molecule has 0 fully saturated rings. The summed E-state index contributed by atoms with van der Waals surface area (Å²) in [6, 6.07) is 28.9. The molecule has 0 spiro atoms. The third-order valence-corrected chi connectivity index (χ3v) is 7.51. The first kappa shape index (κ1) is 25.3. The zero-order valence-electron chi connectivity index (χ0n) is 19.2. The van der Waals surface area contributed by atoms with E-state index in [-0.39, 0.29) is 4.90 Å². The van der Waals surface area contributed by atoms with Crippen molar-refractivity contribution in [2.75, 3.05) is 0 Å². The van der Waals surface area contributed by atoms with Crippen LogP contribution in [-0.2, 0) is 19.9 Å². The van der Waals surface area contributed by atoms with Crippen LogP contribution in [0.1, 0.15) is 22.3 Å². The van der Waals surface area contributed by atoms with Gasteiger partial charge in [-0.2, -0.15) is 8.42 Å². The Balaban J connectivity index is 1.49. The minimum Gasteiger partial charge on any atom is -0.310 e. The van der Waals surface area contributed by atoms with Crippen molar-refractivity contribution in [3.8, 4) is 11.1 Å². The summed E-state index contributed by atoms with van der Waals surface area (Å²) < 4.78 is 54.3. The zero-order valence-corrected chi connectivity index (χ0v) is 20.8. The van der Waals surface area contributed by atoms with Crippen LogP contribution >= 0.6 is 0 Å². The Morgan fingerprint density at radius 3 is 1.33 bits per heavy atom. The summed E-state index contributed by atoms with van der Waals surface area (Å²) in [5, 5.41) is 0. The van der Waals surface area contributed by atoms with Crippen LogP contribution in [-0.4, -0.2) is 27.6 Å². The maximum atomic E-state index is 12.0. The molecular weight excluding hydrogens is 492 g/mol. The second-order valence-corrected chi connectivity index (χ2v) is 11.2. The highest BCUT2D eigenvalue weighted by molar-refractivity contribution is 7.95. The predicted octanol–water partition coefficient (Wildman–Crippen LogP) is 6.49. The molecule has 0 aliphatic carbocycles. The zero-order chi connectivity index (χ0) is 25.8. The van der Waals surface area contributed by atoms with Gasteiger partial charge >= 0.3 is 0 Å². The molecule has 7 heteroatoms. The first-order valence-electron chi connectivity index (χ1n) is 10.9. The summed E-state index contributed by atoms with van der Waals surface area (Å²) in [6.45, 7) is 0. The fourth-order valence-electron chi connectivity index (χ4n) is 3.71. The van der Waals surface area contributed by atoms with Crippen LogP contribution in [0.2, 0.25) is 0 Å². The molecular formula is C29H24O5S2. The van der Waals surface area contributed by atoms with Crippen LogP contribution in [0.15, 0.2) is 107 Å². The van der Waals surface area contributed by atoms with Crippen molar-refractivity contribution < 1.29 is 21.7 Å². The normalized spacial score (nSPS) is 13.7. The summed E-state index contributed by atoms with van der Waals surface area (Å²) in [6.07, 6.45) is 7.12. The van der Waals surface area contributed by atoms with Crippen LogP contribution in [0.5, 0.6) is 0 Å². The molecule has 4 aromatic rings. The van der Waals surface area contributed by atoms with Gasteiger partial charge in [0.1, 0.15) is 14.7 Å². The minimum atomic E-state index is -4.30. The van der Waals surface area contributed by atoms with E-state index in [0.29, 0.717) is 16.0 Å².